The number of aryl methyl sites for hydroxylation is 1. The summed E-state index contributed by atoms with van der Waals surface area (Å²) in [6, 6.07) is 14.8. The zero-order chi connectivity index (χ0) is 20.3. The molecular formula is C21H23N5O2. The number of hydrogen-bond acceptors (Lipinski definition) is 4. The largest absolute Gasteiger partial charge is 0.326 e. The van der Waals surface area contributed by atoms with Crippen molar-refractivity contribution in [3.05, 3.63) is 65.7 Å². The van der Waals surface area contributed by atoms with Crippen LogP contribution in [-0.2, 0) is 4.79 Å². The Morgan fingerprint density at radius 1 is 0.964 bits per heavy atom. The molecule has 0 saturated carbocycles. The molecule has 0 bridgehead atoms. The fourth-order valence-electron chi connectivity index (χ4n) is 2.91. The SMILES string of the molecule is CC(=O)Nc1ccc(NC(=O)c2nc(C)n(-c3ccccc3C(C)C)n2)cc1. The van der Waals surface area contributed by atoms with Crippen LogP contribution in [-0.4, -0.2) is 26.6 Å². The van der Waals surface area contributed by atoms with Crippen LogP contribution in [0.1, 0.15) is 48.7 Å². The van der Waals surface area contributed by atoms with Crippen LogP contribution in [0.15, 0.2) is 48.5 Å². The van der Waals surface area contributed by atoms with Gasteiger partial charge in [0.15, 0.2) is 0 Å². The molecule has 3 aromatic rings. The van der Waals surface area contributed by atoms with Crippen LogP contribution in [0, 0.1) is 6.92 Å². The summed E-state index contributed by atoms with van der Waals surface area (Å²) in [6.45, 7) is 7.49. The minimum absolute atomic E-state index is 0.0991. The molecule has 0 aliphatic carbocycles. The van der Waals surface area contributed by atoms with Crippen LogP contribution in [0.2, 0.25) is 0 Å². The molecule has 0 aliphatic heterocycles. The Bertz CT molecular complexity index is 1010. The van der Waals surface area contributed by atoms with E-state index in [2.05, 4.69) is 40.6 Å². The topological polar surface area (TPSA) is 88.9 Å². The van der Waals surface area contributed by atoms with E-state index in [0.29, 0.717) is 23.1 Å². The highest BCUT2D eigenvalue weighted by Gasteiger charge is 2.17. The molecule has 0 radical (unpaired) electrons. The van der Waals surface area contributed by atoms with Crippen molar-refractivity contribution in [3.63, 3.8) is 0 Å². The van der Waals surface area contributed by atoms with Gasteiger partial charge < -0.3 is 10.6 Å². The maximum absolute atomic E-state index is 12.6. The summed E-state index contributed by atoms with van der Waals surface area (Å²) in [4.78, 5) is 28.0. The Morgan fingerprint density at radius 3 is 2.18 bits per heavy atom. The summed E-state index contributed by atoms with van der Waals surface area (Å²) in [6.07, 6.45) is 0. The summed E-state index contributed by atoms with van der Waals surface area (Å²) in [5, 5.41) is 9.87. The zero-order valence-corrected chi connectivity index (χ0v) is 16.4. The molecule has 0 atom stereocenters. The first-order valence-electron chi connectivity index (χ1n) is 9.07. The van der Waals surface area contributed by atoms with E-state index in [0.717, 1.165) is 11.3 Å². The molecule has 1 heterocycles. The molecule has 0 spiro atoms. The molecule has 2 N–H and O–H groups in total. The lowest BCUT2D eigenvalue weighted by molar-refractivity contribution is -0.114. The molecule has 7 nitrogen and oxygen atoms in total. The van der Waals surface area contributed by atoms with Gasteiger partial charge in [-0.2, -0.15) is 0 Å². The molecule has 2 amide bonds. The second-order valence-corrected chi connectivity index (χ2v) is 6.82. The van der Waals surface area contributed by atoms with E-state index in [1.807, 2.05) is 25.1 Å². The molecule has 0 saturated heterocycles. The van der Waals surface area contributed by atoms with Gasteiger partial charge in [-0.25, -0.2) is 9.67 Å². The Balaban J connectivity index is 1.81. The van der Waals surface area contributed by atoms with Crippen molar-refractivity contribution in [2.45, 2.75) is 33.6 Å². The summed E-state index contributed by atoms with van der Waals surface area (Å²) in [5.41, 5.74) is 3.31. The number of carbonyl (C=O) groups excluding carboxylic acids is 2. The van der Waals surface area contributed by atoms with Crippen LogP contribution in [0.4, 0.5) is 11.4 Å². The summed E-state index contributed by atoms with van der Waals surface area (Å²) < 4.78 is 1.70. The number of carbonyl (C=O) groups is 2. The van der Waals surface area contributed by atoms with Crippen LogP contribution >= 0.6 is 0 Å². The van der Waals surface area contributed by atoms with E-state index in [-0.39, 0.29) is 11.7 Å². The number of rotatable bonds is 5. The monoisotopic (exact) mass is 377 g/mol. The van der Waals surface area contributed by atoms with Gasteiger partial charge in [0.2, 0.25) is 11.7 Å². The van der Waals surface area contributed by atoms with Crippen molar-refractivity contribution < 1.29 is 9.59 Å². The van der Waals surface area contributed by atoms with Gasteiger partial charge in [-0.1, -0.05) is 32.0 Å². The molecule has 0 aliphatic rings. The number of para-hydroxylation sites is 1. The van der Waals surface area contributed by atoms with Gasteiger partial charge >= 0.3 is 0 Å². The van der Waals surface area contributed by atoms with Gasteiger partial charge in [0.05, 0.1) is 5.69 Å². The normalized spacial score (nSPS) is 10.8. The van der Waals surface area contributed by atoms with E-state index in [1.54, 1.807) is 28.9 Å². The molecule has 0 unspecified atom stereocenters. The summed E-state index contributed by atoms with van der Waals surface area (Å²) in [5.74, 6) is 0.514. The number of benzene rings is 2. The van der Waals surface area contributed by atoms with Crippen LogP contribution in [0.3, 0.4) is 0 Å². The van der Waals surface area contributed by atoms with Gasteiger partial charge in [-0.3, -0.25) is 9.59 Å². The zero-order valence-electron chi connectivity index (χ0n) is 16.4. The van der Waals surface area contributed by atoms with Crippen molar-refractivity contribution >= 4 is 23.2 Å². The first kappa shape index (κ1) is 19.3. The number of nitrogens with one attached hydrogen (secondary N) is 2. The number of anilines is 2. The van der Waals surface area contributed by atoms with Crippen LogP contribution in [0.25, 0.3) is 5.69 Å². The van der Waals surface area contributed by atoms with Crippen molar-refractivity contribution in [1.29, 1.82) is 0 Å². The Kier molecular flexibility index (Phi) is 5.54. The van der Waals surface area contributed by atoms with Crippen molar-refractivity contribution in [3.8, 4) is 5.69 Å². The predicted molar refractivity (Wildman–Crippen MR) is 109 cm³/mol. The maximum atomic E-state index is 12.6. The summed E-state index contributed by atoms with van der Waals surface area (Å²) in [7, 11) is 0. The summed E-state index contributed by atoms with van der Waals surface area (Å²) >= 11 is 0. The Morgan fingerprint density at radius 2 is 1.57 bits per heavy atom. The number of amides is 2. The molecule has 1 aromatic heterocycles. The molecule has 7 heteroatoms. The third-order valence-electron chi connectivity index (χ3n) is 4.22. The lowest BCUT2D eigenvalue weighted by atomic mass is 10.0. The molecule has 144 valence electrons. The van der Waals surface area contributed by atoms with Crippen LogP contribution in [0.5, 0.6) is 0 Å². The second kappa shape index (κ2) is 8.04. The Labute approximate surface area is 163 Å². The van der Waals surface area contributed by atoms with Gasteiger partial charge in [-0.05, 0) is 48.7 Å². The van der Waals surface area contributed by atoms with Crippen molar-refractivity contribution in [2.24, 2.45) is 0 Å². The molecular weight excluding hydrogens is 354 g/mol. The highest BCUT2D eigenvalue weighted by molar-refractivity contribution is 6.01. The molecule has 2 aromatic carbocycles. The molecule has 0 fully saturated rings. The average Bonchev–Trinajstić information content (AvgIpc) is 3.04. The third-order valence-corrected chi connectivity index (χ3v) is 4.22. The molecule has 3 rings (SSSR count). The Hall–Kier alpha value is -3.48. The third kappa shape index (κ3) is 4.25. The predicted octanol–water partition coefficient (Wildman–Crippen LogP) is 3.91. The lowest BCUT2D eigenvalue weighted by Gasteiger charge is -2.12. The van der Waals surface area contributed by atoms with Crippen LogP contribution < -0.4 is 10.6 Å². The molecule has 28 heavy (non-hydrogen) atoms. The van der Waals surface area contributed by atoms with Gasteiger partial charge in [0.25, 0.3) is 5.91 Å². The number of nitrogens with zero attached hydrogens (tertiary/aromatic N) is 3. The lowest BCUT2D eigenvalue weighted by Crippen LogP contribution is -2.14. The number of aromatic nitrogens is 3. The van der Waals surface area contributed by atoms with E-state index in [1.165, 1.54) is 6.92 Å². The van der Waals surface area contributed by atoms with E-state index >= 15 is 0 Å². The second-order valence-electron chi connectivity index (χ2n) is 6.82. The van der Waals surface area contributed by atoms with E-state index in [4.69, 9.17) is 0 Å². The van der Waals surface area contributed by atoms with Crippen molar-refractivity contribution in [1.82, 2.24) is 14.8 Å². The van der Waals surface area contributed by atoms with E-state index in [9.17, 15) is 9.59 Å². The highest BCUT2D eigenvalue weighted by Crippen LogP contribution is 2.23. The first-order chi connectivity index (χ1) is 13.3. The maximum Gasteiger partial charge on any atom is 0.295 e. The number of hydrogen-bond donors (Lipinski definition) is 2. The highest BCUT2D eigenvalue weighted by atomic mass is 16.2. The fraction of sp³-hybridized carbons (Fsp3) is 0.238. The first-order valence-corrected chi connectivity index (χ1v) is 9.07. The smallest absolute Gasteiger partial charge is 0.295 e. The van der Waals surface area contributed by atoms with E-state index < -0.39 is 5.91 Å². The van der Waals surface area contributed by atoms with Gasteiger partial charge in [0, 0.05) is 18.3 Å². The fourth-order valence-corrected chi connectivity index (χ4v) is 2.91. The van der Waals surface area contributed by atoms with Gasteiger partial charge in [0.1, 0.15) is 5.82 Å². The van der Waals surface area contributed by atoms with Crippen molar-refractivity contribution in [2.75, 3.05) is 10.6 Å². The average molecular weight is 377 g/mol. The minimum Gasteiger partial charge on any atom is -0.326 e. The quantitative estimate of drug-likeness (QED) is 0.705. The van der Waals surface area contributed by atoms with Gasteiger partial charge in [-0.15, -0.1) is 5.10 Å². The minimum atomic E-state index is -0.392. The standard InChI is InChI=1S/C21H23N5O2/c1-13(2)18-7-5-6-8-19(18)26-14(3)22-20(25-26)21(28)24-17-11-9-16(10-12-17)23-15(4)27/h5-13H,1-4H3,(H,23,27)(H,24,28).